The highest BCUT2D eigenvalue weighted by molar-refractivity contribution is 5.52. The first-order valence-corrected chi connectivity index (χ1v) is 9.38. The van der Waals surface area contributed by atoms with Crippen molar-refractivity contribution in [1.82, 2.24) is 0 Å². The number of phenolic OH excluding ortho intramolecular Hbond substituents is 1. The summed E-state index contributed by atoms with van der Waals surface area (Å²) in [5.41, 5.74) is 3.72. The Morgan fingerprint density at radius 3 is 2.35 bits per heavy atom. The topological polar surface area (TPSA) is 47.9 Å². The van der Waals surface area contributed by atoms with Crippen molar-refractivity contribution in [3.63, 3.8) is 0 Å². The van der Waals surface area contributed by atoms with Crippen molar-refractivity contribution in [3.8, 4) is 11.5 Å². The number of benzene rings is 2. The summed E-state index contributed by atoms with van der Waals surface area (Å²) < 4.78 is 19.4. The maximum atomic E-state index is 10.7. The van der Waals surface area contributed by atoms with Crippen LogP contribution in [0.2, 0.25) is 0 Å². The Balaban J connectivity index is 1.75. The molecule has 0 radical (unpaired) electrons. The van der Waals surface area contributed by atoms with Crippen molar-refractivity contribution < 1.29 is 19.3 Å². The standard InChI is InChI=1S/C22H24O4/c1-13-10-16-7-5-9-18-20(16)21(3,24-13)12-22(26-18)19-15(11-14(2)25-22)6-4-8-17(19)23/h4-9,13-14,23H,10-12H2,1-3H3/t13-,14-,21-,22-/m0/s1. The Morgan fingerprint density at radius 2 is 1.58 bits per heavy atom. The predicted octanol–water partition coefficient (Wildman–Crippen LogP) is 4.17. The third-order valence-corrected chi connectivity index (χ3v) is 5.86. The van der Waals surface area contributed by atoms with E-state index in [9.17, 15) is 5.11 Å². The molecule has 5 rings (SSSR count). The molecule has 1 spiro atoms. The van der Waals surface area contributed by atoms with Crippen LogP contribution in [-0.4, -0.2) is 17.3 Å². The average molecular weight is 352 g/mol. The van der Waals surface area contributed by atoms with Crippen LogP contribution in [0.25, 0.3) is 0 Å². The predicted molar refractivity (Wildman–Crippen MR) is 97.3 cm³/mol. The molecule has 2 aromatic rings. The van der Waals surface area contributed by atoms with Gasteiger partial charge >= 0.3 is 0 Å². The number of hydrogen-bond donors (Lipinski definition) is 1. The van der Waals surface area contributed by atoms with Gasteiger partial charge < -0.3 is 19.3 Å². The maximum Gasteiger partial charge on any atom is 0.244 e. The summed E-state index contributed by atoms with van der Waals surface area (Å²) in [5.74, 6) is -0.0107. The number of fused-ring (bicyclic) bond motifs is 2. The van der Waals surface area contributed by atoms with Gasteiger partial charge in [0.15, 0.2) is 0 Å². The molecule has 26 heavy (non-hydrogen) atoms. The molecule has 3 aliphatic heterocycles. The van der Waals surface area contributed by atoms with Crippen LogP contribution >= 0.6 is 0 Å². The first-order valence-electron chi connectivity index (χ1n) is 9.38. The van der Waals surface area contributed by atoms with E-state index in [0.29, 0.717) is 6.42 Å². The quantitative estimate of drug-likeness (QED) is 0.773. The molecule has 0 bridgehead atoms. The molecular weight excluding hydrogens is 328 g/mol. The van der Waals surface area contributed by atoms with Gasteiger partial charge in [0.25, 0.3) is 0 Å². The highest BCUT2D eigenvalue weighted by Crippen LogP contribution is 2.56. The van der Waals surface area contributed by atoms with E-state index in [0.717, 1.165) is 35.3 Å². The van der Waals surface area contributed by atoms with Crippen molar-refractivity contribution in [2.45, 2.75) is 63.6 Å². The summed E-state index contributed by atoms with van der Waals surface area (Å²) in [7, 11) is 0. The second-order valence-electron chi connectivity index (χ2n) is 8.13. The van der Waals surface area contributed by atoms with Crippen LogP contribution in [0.3, 0.4) is 0 Å². The summed E-state index contributed by atoms with van der Waals surface area (Å²) in [6.07, 6.45) is 2.29. The summed E-state index contributed by atoms with van der Waals surface area (Å²) in [4.78, 5) is 0. The van der Waals surface area contributed by atoms with Gasteiger partial charge in [-0.1, -0.05) is 24.3 Å². The van der Waals surface area contributed by atoms with Crippen LogP contribution in [0, 0.1) is 0 Å². The lowest BCUT2D eigenvalue weighted by Gasteiger charge is -2.52. The van der Waals surface area contributed by atoms with Gasteiger partial charge in [0.1, 0.15) is 17.1 Å². The molecule has 4 nitrogen and oxygen atoms in total. The van der Waals surface area contributed by atoms with Crippen LogP contribution in [0.5, 0.6) is 11.5 Å². The minimum atomic E-state index is -1.03. The Bertz CT molecular complexity index is 892. The molecule has 0 aliphatic carbocycles. The van der Waals surface area contributed by atoms with E-state index in [2.05, 4.69) is 32.9 Å². The van der Waals surface area contributed by atoms with Crippen LogP contribution < -0.4 is 4.74 Å². The largest absolute Gasteiger partial charge is 0.507 e. The molecule has 0 unspecified atom stereocenters. The van der Waals surface area contributed by atoms with Gasteiger partial charge in [-0.2, -0.15) is 0 Å². The molecule has 0 saturated heterocycles. The van der Waals surface area contributed by atoms with E-state index in [4.69, 9.17) is 14.2 Å². The van der Waals surface area contributed by atoms with Gasteiger partial charge in [-0.3, -0.25) is 0 Å². The van der Waals surface area contributed by atoms with E-state index in [1.54, 1.807) is 6.07 Å². The van der Waals surface area contributed by atoms with E-state index >= 15 is 0 Å². The summed E-state index contributed by atoms with van der Waals surface area (Å²) in [6, 6.07) is 11.8. The van der Waals surface area contributed by atoms with E-state index < -0.39 is 11.4 Å². The van der Waals surface area contributed by atoms with Crippen molar-refractivity contribution >= 4 is 0 Å². The molecule has 2 aromatic carbocycles. The zero-order valence-electron chi connectivity index (χ0n) is 15.4. The number of aromatic hydroxyl groups is 1. The fraction of sp³-hybridized carbons (Fsp3) is 0.455. The van der Waals surface area contributed by atoms with Crippen molar-refractivity contribution in [2.75, 3.05) is 0 Å². The molecule has 3 aliphatic rings. The fourth-order valence-electron chi connectivity index (χ4n) is 5.21. The molecule has 0 saturated carbocycles. The molecule has 3 heterocycles. The lowest BCUT2D eigenvalue weighted by atomic mass is 9.75. The first-order chi connectivity index (χ1) is 12.4. The fourth-order valence-corrected chi connectivity index (χ4v) is 5.21. The smallest absolute Gasteiger partial charge is 0.244 e. The van der Waals surface area contributed by atoms with Crippen molar-refractivity contribution in [1.29, 1.82) is 0 Å². The van der Waals surface area contributed by atoms with Crippen LogP contribution in [0.15, 0.2) is 36.4 Å². The van der Waals surface area contributed by atoms with Gasteiger partial charge in [0.2, 0.25) is 5.79 Å². The Morgan fingerprint density at radius 1 is 0.923 bits per heavy atom. The molecule has 0 aromatic heterocycles. The second kappa shape index (κ2) is 5.24. The van der Waals surface area contributed by atoms with Gasteiger partial charge in [-0.25, -0.2) is 0 Å². The van der Waals surface area contributed by atoms with Gasteiger partial charge in [0, 0.05) is 5.56 Å². The molecule has 4 heteroatoms. The first kappa shape index (κ1) is 16.2. The molecule has 136 valence electrons. The molecular formula is C22H24O4. The average Bonchev–Trinajstić information content (AvgIpc) is 2.52. The lowest BCUT2D eigenvalue weighted by molar-refractivity contribution is -0.275. The lowest BCUT2D eigenvalue weighted by Crippen LogP contribution is -2.54. The Hall–Kier alpha value is -2.04. The molecule has 0 amide bonds. The van der Waals surface area contributed by atoms with Crippen molar-refractivity contribution in [2.24, 2.45) is 0 Å². The molecule has 1 N–H and O–H groups in total. The third kappa shape index (κ3) is 2.15. The summed E-state index contributed by atoms with van der Waals surface area (Å²) in [5, 5.41) is 10.7. The van der Waals surface area contributed by atoms with Crippen LogP contribution in [0.1, 0.15) is 49.4 Å². The van der Waals surface area contributed by atoms with Gasteiger partial charge in [0.05, 0.1) is 24.2 Å². The zero-order valence-corrected chi connectivity index (χ0v) is 15.4. The number of rotatable bonds is 0. The van der Waals surface area contributed by atoms with E-state index in [-0.39, 0.29) is 18.0 Å². The van der Waals surface area contributed by atoms with Crippen LogP contribution in [-0.2, 0) is 33.7 Å². The summed E-state index contributed by atoms with van der Waals surface area (Å²) >= 11 is 0. The monoisotopic (exact) mass is 352 g/mol. The Kier molecular flexibility index (Phi) is 3.26. The normalized spacial score (nSPS) is 34.7. The third-order valence-electron chi connectivity index (χ3n) is 5.86. The number of phenols is 1. The minimum Gasteiger partial charge on any atom is -0.507 e. The SMILES string of the molecule is C[C@H]1Cc2cccc(O)c2[C@@]2(C[C@]3(C)O[C@@H](C)Cc4cccc(c43)O2)O1. The van der Waals surface area contributed by atoms with Crippen molar-refractivity contribution in [3.05, 3.63) is 58.7 Å². The summed E-state index contributed by atoms with van der Waals surface area (Å²) in [6.45, 7) is 6.28. The number of hydrogen-bond acceptors (Lipinski definition) is 4. The van der Waals surface area contributed by atoms with E-state index in [1.807, 2.05) is 18.2 Å². The highest BCUT2D eigenvalue weighted by atomic mass is 16.7. The molecule has 4 atom stereocenters. The zero-order chi connectivity index (χ0) is 18.1. The van der Waals surface area contributed by atoms with Gasteiger partial charge in [-0.15, -0.1) is 0 Å². The van der Waals surface area contributed by atoms with Crippen LogP contribution in [0.4, 0.5) is 0 Å². The van der Waals surface area contributed by atoms with E-state index in [1.165, 1.54) is 5.56 Å². The minimum absolute atomic E-state index is 0.00125. The highest BCUT2D eigenvalue weighted by Gasteiger charge is 2.56. The maximum absolute atomic E-state index is 10.7. The Labute approximate surface area is 153 Å². The second-order valence-corrected chi connectivity index (χ2v) is 8.13. The van der Waals surface area contributed by atoms with Gasteiger partial charge in [-0.05, 0) is 56.9 Å². The molecule has 0 fully saturated rings. The number of ether oxygens (including phenoxy) is 3.